The van der Waals surface area contributed by atoms with Crippen molar-refractivity contribution in [3.8, 4) is 0 Å². The van der Waals surface area contributed by atoms with Crippen molar-refractivity contribution in [2.75, 3.05) is 31.1 Å². The maximum absolute atomic E-state index is 12.9. The van der Waals surface area contributed by atoms with Crippen LogP contribution in [0.1, 0.15) is 18.4 Å². The molecule has 0 saturated carbocycles. The first-order valence-corrected chi connectivity index (χ1v) is 9.44. The van der Waals surface area contributed by atoms with Gasteiger partial charge in [-0.05, 0) is 36.8 Å². The highest BCUT2D eigenvalue weighted by atomic mass is 35.5. The molecule has 0 radical (unpaired) electrons. The van der Waals surface area contributed by atoms with Gasteiger partial charge >= 0.3 is 0 Å². The van der Waals surface area contributed by atoms with Crippen LogP contribution in [0.2, 0.25) is 10.0 Å². The zero-order valence-corrected chi connectivity index (χ0v) is 16.2. The Hall–Kier alpha value is -2.38. The molecule has 9 heteroatoms. The molecular weight excluding hydrogens is 387 g/mol. The molecule has 1 aliphatic heterocycles. The van der Waals surface area contributed by atoms with Crippen LogP contribution in [0, 0.1) is 0 Å². The van der Waals surface area contributed by atoms with Gasteiger partial charge in [-0.3, -0.25) is 4.79 Å². The molecule has 4 rings (SSSR count). The number of rotatable bonds is 3. The Balaban J connectivity index is 1.41. The minimum Gasteiger partial charge on any atom is -0.352 e. The summed E-state index contributed by atoms with van der Waals surface area (Å²) < 4.78 is 1.65. The molecule has 1 atom stereocenters. The molecule has 1 fully saturated rings. The van der Waals surface area contributed by atoms with Gasteiger partial charge in [-0.1, -0.05) is 29.3 Å². The minimum absolute atomic E-state index is 0.0928. The molecule has 0 spiro atoms. The number of piperazine rings is 1. The van der Waals surface area contributed by atoms with Crippen LogP contribution in [0.5, 0.6) is 0 Å². The fraction of sp³-hybridized carbons (Fsp3) is 0.333. The number of benzene rings is 1. The third-order valence-electron chi connectivity index (χ3n) is 4.88. The van der Waals surface area contributed by atoms with E-state index >= 15 is 0 Å². The van der Waals surface area contributed by atoms with Crippen LogP contribution in [0.3, 0.4) is 0 Å². The normalized spacial score (nSPS) is 16.0. The van der Waals surface area contributed by atoms with Crippen LogP contribution < -0.4 is 4.90 Å². The largest absolute Gasteiger partial charge is 0.352 e. The van der Waals surface area contributed by atoms with Crippen molar-refractivity contribution in [2.24, 2.45) is 0 Å². The average molecular weight is 405 g/mol. The van der Waals surface area contributed by atoms with Crippen molar-refractivity contribution in [3.63, 3.8) is 0 Å². The number of aromatic nitrogens is 4. The molecule has 0 bridgehead atoms. The maximum Gasteiger partial charge on any atom is 0.229 e. The summed E-state index contributed by atoms with van der Waals surface area (Å²) in [6, 6.07) is 9.17. The molecule has 2 aromatic heterocycles. The van der Waals surface area contributed by atoms with Gasteiger partial charge < -0.3 is 9.80 Å². The Morgan fingerprint density at radius 3 is 2.59 bits per heavy atom. The van der Waals surface area contributed by atoms with E-state index in [9.17, 15) is 4.79 Å². The number of nitrogens with zero attached hydrogens (tertiary/aromatic N) is 6. The van der Waals surface area contributed by atoms with Gasteiger partial charge in [-0.25, -0.2) is 0 Å². The Morgan fingerprint density at radius 2 is 1.85 bits per heavy atom. The van der Waals surface area contributed by atoms with Crippen LogP contribution >= 0.6 is 23.2 Å². The number of halogens is 2. The molecular formula is C18H18Cl2N6O. The molecule has 1 amide bonds. The Labute approximate surface area is 166 Å². The van der Waals surface area contributed by atoms with Gasteiger partial charge in [0.1, 0.15) is 12.1 Å². The number of carbonyl (C=O) groups excluding carboxylic acids is 1. The van der Waals surface area contributed by atoms with Crippen LogP contribution in [-0.4, -0.2) is 56.8 Å². The summed E-state index contributed by atoms with van der Waals surface area (Å²) in [7, 11) is 0. The first-order valence-electron chi connectivity index (χ1n) is 8.68. The lowest BCUT2D eigenvalue weighted by Crippen LogP contribution is -2.50. The molecule has 0 N–H and O–H groups in total. The summed E-state index contributed by atoms with van der Waals surface area (Å²) in [5.41, 5.74) is 1.58. The molecule has 1 saturated heterocycles. The standard InChI is InChI=1S/C18H18Cl2N6O/c1-12(13-2-3-14(19)15(20)10-13)18(27)25-8-6-24(7-9-25)17-5-4-16-22-21-11-26(16)23-17/h2-5,10-12H,6-9H2,1H3. The van der Waals surface area contributed by atoms with Crippen molar-refractivity contribution in [1.29, 1.82) is 0 Å². The third kappa shape index (κ3) is 3.57. The van der Waals surface area contributed by atoms with E-state index in [0.717, 1.165) is 24.5 Å². The van der Waals surface area contributed by atoms with Crippen molar-refractivity contribution < 1.29 is 4.79 Å². The lowest BCUT2D eigenvalue weighted by atomic mass is 9.99. The summed E-state index contributed by atoms with van der Waals surface area (Å²) in [5.74, 6) is 0.681. The minimum atomic E-state index is -0.266. The van der Waals surface area contributed by atoms with Gasteiger partial charge in [-0.2, -0.15) is 4.52 Å². The third-order valence-corrected chi connectivity index (χ3v) is 5.62. The van der Waals surface area contributed by atoms with E-state index in [-0.39, 0.29) is 11.8 Å². The second-order valence-electron chi connectivity index (χ2n) is 6.53. The van der Waals surface area contributed by atoms with Crippen LogP contribution in [0.4, 0.5) is 5.82 Å². The smallest absolute Gasteiger partial charge is 0.229 e. The lowest BCUT2D eigenvalue weighted by Gasteiger charge is -2.36. The summed E-state index contributed by atoms with van der Waals surface area (Å²) in [4.78, 5) is 16.9. The van der Waals surface area contributed by atoms with Crippen LogP contribution in [0.25, 0.3) is 5.65 Å². The molecule has 1 aliphatic rings. The highest BCUT2D eigenvalue weighted by Crippen LogP contribution is 2.27. The summed E-state index contributed by atoms with van der Waals surface area (Å²) in [6.45, 7) is 4.63. The Bertz CT molecular complexity index is 983. The number of carbonyl (C=O) groups is 1. The topological polar surface area (TPSA) is 66.6 Å². The van der Waals surface area contributed by atoms with Gasteiger partial charge in [0.15, 0.2) is 5.65 Å². The van der Waals surface area contributed by atoms with Crippen LogP contribution in [-0.2, 0) is 4.79 Å². The van der Waals surface area contributed by atoms with Gasteiger partial charge in [0, 0.05) is 26.2 Å². The summed E-state index contributed by atoms with van der Waals surface area (Å²) in [5, 5.41) is 13.3. The Kier molecular flexibility index (Phi) is 4.88. The average Bonchev–Trinajstić information content (AvgIpc) is 3.17. The maximum atomic E-state index is 12.9. The molecule has 1 aromatic carbocycles. The van der Waals surface area contributed by atoms with Gasteiger partial charge in [0.2, 0.25) is 5.91 Å². The van der Waals surface area contributed by atoms with E-state index in [2.05, 4.69) is 20.2 Å². The van der Waals surface area contributed by atoms with Gasteiger partial charge in [-0.15, -0.1) is 15.3 Å². The van der Waals surface area contributed by atoms with Crippen molar-refractivity contribution in [1.82, 2.24) is 24.7 Å². The lowest BCUT2D eigenvalue weighted by molar-refractivity contribution is -0.132. The van der Waals surface area contributed by atoms with Crippen molar-refractivity contribution in [2.45, 2.75) is 12.8 Å². The van der Waals surface area contributed by atoms with Crippen molar-refractivity contribution >= 4 is 40.6 Å². The first kappa shape index (κ1) is 18.0. The number of amides is 1. The number of fused-ring (bicyclic) bond motifs is 1. The monoisotopic (exact) mass is 404 g/mol. The Morgan fingerprint density at radius 1 is 1.07 bits per heavy atom. The van der Waals surface area contributed by atoms with E-state index in [0.29, 0.717) is 28.8 Å². The fourth-order valence-corrected chi connectivity index (χ4v) is 3.55. The first-order chi connectivity index (χ1) is 13.0. The van der Waals surface area contributed by atoms with Gasteiger partial charge in [0.25, 0.3) is 0 Å². The second-order valence-corrected chi connectivity index (χ2v) is 7.35. The molecule has 3 aromatic rings. The molecule has 140 valence electrons. The number of hydrogen-bond donors (Lipinski definition) is 0. The van der Waals surface area contributed by atoms with Crippen molar-refractivity contribution in [3.05, 3.63) is 52.3 Å². The van der Waals surface area contributed by atoms with E-state index in [1.165, 1.54) is 0 Å². The molecule has 7 nitrogen and oxygen atoms in total. The zero-order chi connectivity index (χ0) is 19.0. The van der Waals surface area contributed by atoms with E-state index in [1.54, 1.807) is 23.0 Å². The van der Waals surface area contributed by atoms with E-state index in [4.69, 9.17) is 23.2 Å². The molecule has 0 aliphatic carbocycles. The van der Waals surface area contributed by atoms with E-state index < -0.39 is 0 Å². The van der Waals surface area contributed by atoms with Crippen LogP contribution in [0.15, 0.2) is 36.7 Å². The predicted molar refractivity (Wildman–Crippen MR) is 104 cm³/mol. The molecule has 27 heavy (non-hydrogen) atoms. The quantitative estimate of drug-likeness (QED) is 0.671. The summed E-state index contributed by atoms with van der Waals surface area (Å²) >= 11 is 12.1. The highest BCUT2D eigenvalue weighted by molar-refractivity contribution is 6.42. The van der Waals surface area contributed by atoms with E-state index in [1.807, 2.05) is 30.0 Å². The zero-order valence-electron chi connectivity index (χ0n) is 14.7. The molecule has 3 heterocycles. The summed E-state index contributed by atoms with van der Waals surface area (Å²) in [6.07, 6.45) is 1.58. The number of anilines is 1. The molecule has 1 unspecified atom stereocenters. The highest BCUT2D eigenvalue weighted by Gasteiger charge is 2.26. The fourth-order valence-electron chi connectivity index (χ4n) is 3.24. The predicted octanol–water partition coefficient (Wildman–Crippen LogP) is 2.88. The number of hydrogen-bond acceptors (Lipinski definition) is 5. The van der Waals surface area contributed by atoms with Gasteiger partial charge in [0.05, 0.1) is 16.0 Å². The second kappa shape index (κ2) is 7.32. The SMILES string of the molecule is CC(C(=O)N1CCN(c2ccc3nncn3n2)CC1)c1ccc(Cl)c(Cl)c1.